The Morgan fingerprint density at radius 1 is 1.05 bits per heavy atom. The van der Waals surface area contributed by atoms with Crippen LogP contribution >= 0.6 is 7.60 Å². The van der Waals surface area contributed by atoms with Crippen LogP contribution in [0.3, 0.4) is 0 Å². The molecule has 0 aliphatic carbocycles. The number of carbonyl (C=O) groups excluding carboxylic acids is 1. The van der Waals surface area contributed by atoms with Gasteiger partial charge < -0.3 is 15.1 Å². The fourth-order valence-corrected chi connectivity index (χ4v) is 2.22. The molecule has 0 saturated carbocycles. The van der Waals surface area contributed by atoms with Crippen molar-refractivity contribution in [3.8, 4) is 0 Å². The molecule has 0 spiro atoms. The number of rotatable bonds is 4. The first kappa shape index (κ1) is 16.3. The van der Waals surface area contributed by atoms with Crippen LogP contribution in [-0.2, 0) is 10.2 Å². The van der Waals surface area contributed by atoms with E-state index in [0.717, 1.165) is 18.2 Å². The van der Waals surface area contributed by atoms with Crippen molar-refractivity contribution in [3.05, 3.63) is 65.7 Å². The lowest BCUT2D eigenvalue weighted by molar-refractivity contribution is 0.0563. The van der Waals surface area contributed by atoms with Gasteiger partial charge in [0.2, 0.25) is 0 Å². The van der Waals surface area contributed by atoms with Crippen molar-refractivity contribution < 1.29 is 27.9 Å². The predicted octanol–water partition coefficient (Wildman–Crippen LogP) is 3.17. The summed E-state index contributed by atoms with van der Waals surface area (Å²) in [6.07, 6.45) is 0. The van der Waals surface area contributed by atoms with E-state index < -0.39 is 24.7 Å². The van der Waals surface area contributed by atoms with E-state index in [4.69, 9.17) is 9.79 Å². The Labute approximate surface area is 124 Å². The monoisotopic (exact) mass is 327 g/mol. The Bertz CT molecular complexity index is 731. The zero-order valence-corrected chi connectivity index (χ0v) is 12.0. The summed E-state index contributed by atoms with van der Waals surface area (Å²) in [5.74, 6) is -0.658. The summed E-state index contributed by atoms with van der Waals surface area (Å²) < 4.78 is 38.1. The number of amides is 1. The van der Waals surface area contributed by atoms with Gasteiger partial charge in [0.05, 0.1) is 0 Å². The van der Waals surface area contributed by atoms with E-state index in [1.165, 1.54) is 6.07 Å². The first-order valence-corrected chi connectivity index (χ1v) is 7.73. The van der Waals surface area contributed by atoms with Crippen LogP contribution in [0.2, 0.25) is 0 Å². The van der Waals surface area contributed by atoms with Gasteiger partial charge in [0.15, 0.2) is 0 Å². The topological polar surface area (TPSA) is 86.6 Å². The van der Waals surface area contributed by atoms with Gasteiger partial charge in [-0.3, -0.25) is 9.36 Å². The lowest BCUT2D eigenvalue weighted by Crippen LogP contribution is -2.16. The molecule has 5 nitrogen and oxygen atoms in total. The number of anilines is 1. The molecule has 116 valence electrons. The van der Waals surface area contributed by atoms with Gasteiger partial charge in [0, 0.05) is 16.8 Å². The summed E-state index contributed by atoms with van der Waals surface area (Å²) in [6.45, 7) is 0. The summed E-state index contributed by atoms with van der Waals surface area (Å²) in [5.41, 5.74) is -4.92. The Morgan fingerprint density at radius 3 is 2.27 bits per heavy atom. The fraction of sp³-hybridized carbons (Fsp3) is 0.0714. The van der Waals surface area contributed by atoms with Crippen LogP contribution in [0.4, 0.5) is 14.5 Å². The zero-order valence-electron chi connectivity index (χ0n) is 11.1. The third-order valence-corrected chi connectivity index (χ3v) is 3.86. The van der Waals surface area contributed by atoms with Gasteiger partial charge in [-0.1, -0.05) is 30.3 Å². The maximum Gasteiger partial charge on any atom is 0.399 e. The molecule has 0 heterocycles. The van der Waals surface area contributed by atoms with Gasteiger partial charge in [-0.05, 0) is 24.3 Å². The molecule has 0 unspecified atom stereocenters. The average Bonchev–Trinajstić information content (AvgIpc) is 2.47. The third-order valence-electron chi connectivity index (χ3n) is 2.87. The van der Waals surface area contributed by atoms with Crippen molar-refractivity contribution in [2.24, 2.45) is 0 Å². The quantitative estimate of drug-likeness (QED) is 0.753. The molecule has 0 fully saturated rings. The molecule has 0 aliphatic heterocycles. The van der Waals surface area contributed by atoms with Gasteiger partial charge in [-0.25, -0.2) is 0 Å². The van der Waals surface area contributed by atoms with Gasteiger partial charge in [0.1, 0.15) is 0 Å². The highest BCUT2D eigenvalue weighted by atomic mass is 31.2. The Balaban J connectivity index is 2.29. The van der Waals surface area contributed by atoms with E-state index in [1.807, 2.05) is 0 Å². The minimum Gasteiger partial charge on any atom is -0.322 e. The standard InChI is InChI=1S/C14H12F2NO4P/c15-14(16,22(19,20)21)11-6-4-5-10(9-11)13(18)17-12-7-2-1-3-8-12/h1-9H,(H,17,18)(H2,19,20,21). The number of alkyl halides is 2. The van der Waals surface area contributed by atoms with Crippen molar-refractivity contribution in [2.75, 3.05) is 5.32 Å². The smallest absolute Gasteiger partial charge is 0.322 e. The van der Waals surface area contributed by atoms with Crippen molar-refractivity contribution in [3.63, 3.8) is 0 Å². The summed E-state index contributed by atoms with van der Waals surface area (Å²) in [4.78, 5) is 29.4. The van der Waals surface area contributed by atoms with Crippen molar-refractivity contribution in [1.29, 1.82) is 0 Å². The molecule has 2 aromatic carbocycles. The Morgan fingerprint density at radius 2 is 1.68 bits per heavy atom. The molecule has 0 aliphatic rings. The van der Waals surface area contributed by atoms with Crippen LogP contribution in [0.15, 0.2) is 54.6 Å². The van der Waals surface area contributed by atoms with Crippen LogP contribution in [0.5, 0.6) is 0 Å². The average molecular weight is 327 g/mol. The van der Waals surface area contributed by atoms with E-state index >= 15 is 0 Å². The molecule has 1 amide bonds. The van der Waals surface area contributed by atoms with Gasteiger partial charge in [-0.15, -0.1) is 0 Å². The number of halogens is 2. The second-order valence-corrected chi connectivity index (χ2v) is 6.14. The first-order valence-electron chi connectivity index (χ1n) is 6.12. The van der Waals surface area contributed by atoms with Crippen LogP contribution in [0.1, 0.15) is 15.9 Å². The van der Waals surface area contributed by atoms with E-state index in [1.54, 1.807) is 30.3 Å². The van der Waals surface area contributed by atoms with Gasteiger partial charge in [-0.2, -0.15) is 8.78 Å². The van der Waals surface area contributed by atoms with E-state index in [-0.39, 0.29) is 5.56 Å². The maximum absolute atomic E-state index is 13.6. The van der Waals surface area contributed by atoms with Gasteiger partial charge >= 0.3 is 13.3 Å². The number of carbonyl (C=O) groups is 1. The van der Waals surface area contributed by atoms with Gasteiger partial charge in [0.25, 0.3) is 5.91 Å². The largest absolute Gasteiger partial charge is 0.399 e. The van der Waals surface area contributed by atoms with Crippen molar-refractivity contribution >= 4 is 19.2 Å². The second-order valence-electron chi connectivity index (χ2n) is 4.49. The number of para-hydroxylation sites is 1. The molecular formula is C14H12F2NO4P. The minimum atomic E-state index is -5.67. The molecule has 0 aromatic heterocycles. The minimum absolute atomic E-state index is 0.130. The van der Waals surface area contributed by atoms with E-state index in [9.17, 15) is 18.1 Å². The summed E-state index contributed by atoms with van der Waals surface area (Å²) in [6, 6.07) is 12.4. The van der Waals surface area contributed by atoms with E-state index in [2.05, 4.69) is 5.32 Å². The molecule has 22 heavy (non-hydrogen) atoms. The third kappa shape index (κ3) is 3.39. The number of benzene rings is 2. The SMILES string of the molecule is O=C(Nc1ccccc1)c1cccc(C(F)(F)P(=O)(O)O)c1. The predicted molar refractivity (Wildman–Crippen MR) is 76.8 cm³/mol. The second kappa shape index (κ2) is 5.96. The van der Waals surface area contributed by atoms with Crippen LogP contribution in [0, 0.1) is 0 Å². The lowest BCUT2D eigenvalue weighted by atomic mass is 10.1. The highest BCUT2D eigenvalue weighted by Gasteiger charge is 2.50. The molecule has 3 N–H and O–H groups in total. The number of hydrogen-bond donors (Lipinski definition) is 3. The number of hydrogen-bond acceptors (Lipinski definition) is 2. The highest BCUT2D eigenvalue weighted by molar-refractivity contribution is 7.52. The molecule has 0 bridgehead atoms. The molecule has 8 heteroatoms. The zero-order chi connectivity index (χ0) is 16.4. The summed E-state index contributed by atoms with van der Waals surface area (Å²) >= 11 is 0. The molecule has 2 rings (SSSR count). The number of nitrogens with one attached hydrogen (secondary N) is 1. The van der Waals surface area contributed by atoms with Crippen molar-refractivity contribution in [2.45, 2.75) is 5.66 Å². The fourth-order valence-electron chi connectivity index (χ4n) is 1.74. The normalized spacial score (nSPS) is 12.0. The molecule has 0 radical (unpaired) electrons. The molecule has 0 saturated heterocycles. The first-order chi connectivity index (χ1) is 10.2. The van der Waals surface area contributed by atoms with Crippen molar-refractivity contribution in [1.82, 2.24) is 0 Å². The Hall–Kier alpha value is -2.08. The summed E-state index contributed by atoms with van der Waals surface area (Å²) in [7, 11) is -5.67. The molecule has 0 atom stereocenters. The van der Waals surface area contributed by atoms with Crippen LogP contribution in [0.25, 0.3) is 0 Å². The lowest BCUT2D eigenvalue weighted by Gasteiger charge is -2.18. The van der Waals surface area contributed by atoms with Crippen LogP contribution < -0.4 is 5.32 Å². The maximum atomic E-state index is 13.6. The highest BCUT2D eigenvalue weighted by Crippen LogP contribution is 2.59. The van der Waals surface area contributed by atoms with Crippen LogP contribution in [-0.4, -0.2) is 15.7 Å². The summed E-state index contributed by atoms with van der Waals surface area (Å²) in [5, 5.41) is 2.50. The molecular weight excluding hydrogens is 315 g/mol. The van der Waals surface area contributed by atoms with E-state index in [0.29, 0.717) is 5.69 Å². The Kier molecular flexibility index (Phi) is 4.42. The molecule has 2 aromatic rings.